The lowest BCUT2D eigenvalue weighted by Gasteiger charge is -2.12. The number of halogens is 1. The van der Waals surface area contributed by atoms with E-state index in [1.54, 1.807) is 0 Å². The molecule has 2 aromatic carbocycles. The van der Waals surface area contributed by atoms with Gasteiger partial charge in [0.05, 0.1) is 12.2 Å². The predicted molar refractivity (Wildman–Crippen MR) is 99.2 cm³/mol. The summed E-state index contributed by atoms with van der Waals surface area (Å²) in [6.07, 6.45) is 0.401. The highest BCUT2D eigenvalue weighted by atomic mass is 35.5. The van der Waals surface area contributed by atoms with E-state index < -0.39 is 0 Å². The summed E-state index contributed by atoms with van der Waals surface area (Å²) in [7, 11) is 0.603. The maximum atomic E-state index is 5.75. The zero-order valence-corrected chi connectivity index (χ0v) is 15.3. The second kappa shape index (κ2) is 9.02. The third kappa shape index (κ3) is 6.25. The van der Waals surface area contributed by atoms with Gasteiger partial charge in [0.2, 0.25) is 0 Å². The monoisotopic (exact) mass is 338 g/mol. The summed E-state index contributed by atoms with van der Waals surface area (Å²) < 4.78 is 11.5. The van der Waals surface area contributed by atoms with Gasteiger partial charge in [-0.1, -0.05) is 32.8 Å². The maximum Gasteiger partial charge on any atom is 0.120 e. The fourth-order valence-corrected chi connectivity index (χ4v) is 3.13. The molecule has 0 unspecified atom stereocenters. The van der Waals surface area contributed by atoms with Gasteiger partial charge in [-0.05, 0) is 62.6 Å². The molecule has 120 valence electrons. The Kier molecular flexibility index (Phi) is 7.72. The van der Waals surface area contributed by atoms with Crippen molar-refractivity contribution >= 4 is 31.6 Å². The minimum atomic E-state index is 0. The van der Waals surface area contributed by atoms with Crippen molar-refractivity contribution in [2.75, 3.05) is 0 Å². The average molecular weight is 339 g/mol. The fraction of sp³-hybridized carbons (Fsp3) is 0.333. The maximum absolute atomic E-state index is 5.75. The van der Waals surface area contributed by atoms with Crippen LogP contribution >= 0.6 is 21.0 Å². The third-order valence-corrected chi connectivity index (χ3v) is 3.90. The van der Waals surface area contributed by atoms with Crippen molar-refractivity contribution in [3.05, 3.63) is 48.5 Å². The summed E-state index contributed by atoms with van der Waals surface area (Å²) in [5.74, 6) is 1.87. The molecule has 22 heavy (non-hydrogen) atoms. The Balaban J connectivity index is 0.00000242. The molecular formula is C18H24ClO2P. The van der Waals surface area contributed by atoms with Crippen LogP contribution in [0, 0.1) is 0 Å². The molecule has 0 spiro atoms. The molecule has 0 fully saturated rings. The summed E-state index contributed by atoms with van der Waals surface area (Å²) in [5, 5.41) is 2.55. The quantitative estimate of drug-likeness (QED) is 0.731. The van der Waals surface area contributed by atoms with Gasteiger partial charge in [0, 0.05) is 0 Å². The van der Waals surface area contributed by atoms with Crippen LogP contribution in [0.2, 0.25) is 0 Å². The zero-order chi connectivity index (χ0) is 15.2. The van der Waals surface area contributed by atoms with Crippen molar-refractivity contribution in [3.8, 4) is 11.5 Å². The molecule has 0 heterocycles. The second-order valence-electron chi connectivity index (χ2n) is 5.51. The zero-order valence-electron chi connectivity index (χ0n) is 13.5. The van der Waals surface area contributed by atoms with Gasteiger partial charge in [0.25, 0.3) is 0 Å². The molecule has 0 atom stereocenters. The summed E-state index contributed by atoms with van der Waals surface area (Å²) in [6, 6.07) is 16.6. The first-order chi connectivity index (χ1) is 10.0. The van der Waals surface area contributed by atoms with Crippen LogP contribution in [-0.4, -0.2) is 12.2 Å². The molecule has 0 radical (unpaired) electrons. The van der Waals surface area contributed by atoms with E-state index in [4.69, 9.17) is 9.47 Å². The normalized spacial score (nSPS) is 10.5. The second-order valence-corrected chi connectivity index (χ2v) is 6.92. The Labute approximate surface area is 141 Å². The van der Waals surface area contributed by atoms with E-state index in [0.717, 1.165) is 11.5 Å². The van der Waals surface area contributed by atoms with E-state index in [1.807, 2.05) is 39.8 Å². The number of rotatable bonds is 6. The van der Waals surface area contributed by atoms with Gasteiger partial charge < -0.3 is 9.47 Å². The third-order valence-electron chi connectivity index (χ3n) is 2.70. The highest BCUT2D eigenvalue weighted by Gasteiger charge is 2.03. The lowest BCUT2D eigenvalue weighted by molar-refractivity contribution is 0.242. The largest absolute Gasteiger partial charge is 0.491 e. The number of hydrogen-bond acceptors (Lipinski definition) is 2. The Bertz CT molecular complexity index is 533. The van der Waals surface area contributed by atoms with Gasteiger partial charge in [-0.25, -0.2) is 0 Å². The van der Waals surface area contributed by atoms with Gasteiger partial charge in [0.1, 0.15) is 11.5 Å². The molecule has 0 aliphatic heterocycles. The first-order valence-electron chi connectivity index (χ1n) is 7.33. The lowest BCUT2D eigenvalue weighted by atomic mass is 10.3. The topological polar surface area (TPSA) is 18.5 Å². The summed E-state index contributed by atoms with van der Waals surface area (Å²) in [6.45, 7) is 8.17. The highest BCUT2D eigenvalue weighted by molar-refractivity contribution is 7.55. The molecule has 0 saturated heterocycles. The first kappa shape index (κ1) is 18.8. The molecule has 0 amide bonds. The Hall–Kier alpha value is -1.24. The van der Waals surface area contributed by atoms with Crippen LogP contribution in [0.3, 0.4) is 0 Å². The van der Waals surface area contributed by atoms with Crippen molar-refractivity contribution < 1.29 is 9.47 Å². The molecule has 0 aliphatic rings. The van der Waals surface area contributed by atoms with Crippen LogP contribution in [0.5, 0.6) is 11.5 Å². The summed E-state index contributed by atoms with van der Waals surface area (Å²) >= 11 is 0. The van der Waals surface area contributed by atoms with Crippen molar-refractivity contribution in [3.63, 3.8) is 0 Å². The minimum Gasteiger partial charge on any atom is -0.491 e. The molecular weight excluding hydrogens is 315 g/mol. The average Bonchev–Trinajstić information content (AvgIpc) is 2.37. The summed E-state index contributed by atoms with van der Waals surface area (Å²) in [5.41, 5.74) is 0. The van der Waals surface area contributed by atoms with Crippen LogP contribution in [-0.2, 0) is 0 Å². The van der Waals surface area contributed by atoms with Gasteiger partial charge in [-0.15, -0.1) is 12.4 Å². The molecule has 0 aromatic heterocycles. The van der Waals surface area contributed by atoms with Gasteiger partial charge >= 0.3 is 0 Å². The predicted octanol–water partition coefficient (Wildman–Crippen LogP) is 4.31. The molecule has 2 aromatic rings. The highest BCUT2D eigenvalue weighted by Crippen LogP contribution is 2.19. The first-order valence-corrected chi connectivity index (χ1v) is 8.33. The SMILES string of the molecule is CC(C)Oc1cccc(Pc2cccc(OC(C)C)c2)c1.Cl. The van der Waals surface area contributed by atoms with Gasteiger partial charge in [-0.3, -0.25) is 0 Å². The fourth-order valence-electron chi connectivity index (χ4n) is 2.01. The van der Waals surface area contributed by atoms with Crippen LogP contribution in [0.1, 0.15) is 27.7 Å². The van der Waals surface area contributed by atoms with E-state index in [-0.39, 0.29) is 24.6 Å². The van der Waals surface area contributed by atoms with Crippen molar-refractivity contribution in [1.82, 2.24) is 0 Å². The molecule has 0 bridgehead atoms. The Morgan fingerprint density at radius 2 is 1.14 bits per heavy atom. The van der Waals surface area contributed by atoms with Crippen LogP contribution in [0.15, 0.2) is 48.5 Å². The van der Waals surface area contributed by atoms with Gasteiger partial charge in [0.15, 0.2) is 0 Å². The molecule has 0 N–H and O–H groups in total. The molecule has 4 heteroatoms. The molecule has 0 aliphatic carbocycles. The Morgan fingerprint density at radius 1 is 0.727 bits per heavy atom. The molecule has 2 nitrogen and oxygen atoms in total. The van der Waals surface area contributed by atoms with Crippen molar-refractivity contribution in [2.45, 2.75) is 39.9 Å². The van der Waals surface area contributed by atoms with Gasteiger partial charge in [-0.2, -0.15) is 0 Å². The standard InChI is InChI=1S/C18H23O2P.ClH/c1-13(2)19-15-7-5-9-17(11-15)21-18-10-6-8-16(12-18)20-14(3)4;/h5-14,21H,1-4H3;1H. The van der Waals surface area contributed by atoms with E-state index in [1.165, 1.54) is 10.6 Å². The van der Waals surface area contributed by atoms with Crippen molar-refractivity contribution in [1.29, 1.82) is 0 Å². The lowest BCUT2D eigenvalue weighted by Crippen LogP contribution is -2.10. The minimum absolute atomic E-state index is 0. The van der Waals surface area contributed by atoms with Crippen LogP contribution in [0.25, 0.3) is 0 Å². The van der Waals surface area contributed by atoms with E-state index >= 15 is 0 Å². The van der Waals surface area contributed by atoms with Crippen LogP contribution < -0.4 is 20.1 Å². The van der Waals surface area contributed by atoms with E-state index in [0.29, 0.717) is 8.58 Å². The van der Waals surface area contributed by atoms with E-state index in [2.05, 4.69) is 36.4 Å². The number of ether oxygens (including phenoxy) is 2. The number of hydrogen-bond donors (Lipinski definition) is 0. The summed E-state index contributed by atoms with van der Waals surface area (Å²) in [4.78, 5) is 0. The van der Waals surface area contributed by atoms with E-state index in [9.17, 15) is 0 Å². The molecule has 0 saturated carbocycles. The number of benzene rings is 2. The van der Waals surface area contributed by atoms with Crippen LogP contribution in [0.4, 0.5) is 0 Å². The smallest absolute Gasteiger partial charge is 0.120 e. The molecule has 2 rings (SSSR count). The van der Waals surface area contributed by atoms with Crippen molar-refractivity contribution in [2.24, 2.45) is 0 Å². The Morgan fingerprint density at radius 3 is 1.50 bits per heavy atom.